The molecule has 0 radical (unpaired) electrons. The number of hydrogen-bond acceptors (Lipinski definition) is 4. The van der Waals surface area contributed by atoms with Crippen LogP contribution < -0.4 is 5.32 Å². The predicted octanol–water partition coefficient (Wildman–Crippen LogP) is 3.89. The van der Waals surface area contributed by atoms with Crippen molar-refractivity contribution < 1.29 is 4.79 Å². The van der Waals surface area contributed by atoms with Crippen LogP contribution >= 0.6 is 11.3 Å². The molecule has 1 heterocycles. The minimum atomic E-state index is 0.121. The fourth-order valence-corrected chi connectivity index (χ4v) is 3.56. The van der Waals surface area contributed by atoms with Crippen LogP contribution in [0.3, 0.4) is 0 Å². The molecule has 1 fully saturated rings. The first kappa shape index (κ1) is 15.4. The van der Waals surface area contributed by atoms with E-state index in [1.54, 1.807) is 0 Å². The number of anilines is 1. The van der Waals surface area contributed by atoms with Crippen LogP contribution in [0.2, 0.25) is 0 Å². The highest BCUT2D eigenvalue weighted by atomic mass is 32.1. The molecule has 0 aliphatic heterocycles. The normalized spacial score (nSPS) is 23.6. The molecular weight excluding hydrogens is 270 g/mol. The van der Waals surface area contributed by atoms with Gasteiger partial charge in [0.05, 0.1) is 0 Å². The summed E-state index contributed by atoms with van der Waals surface area (Å²) < 4.78 is 0. The Bertz CT molecular complexity index is 456. The van der Waals surface area contributed by atoms with Crippen LogP contribution in [0.1, 0.15) is 58.4 Å². The Kier molecular flexibility index (Phi) is 4.78. The molecule has 1 N–H and O–H groups in total. The van der Waals surface area contributed by atoms with Gasteiger partial charge in [-0.05, 0) is 43.4 Å². The largest absolute Gasteiger partial charge is 0.300 e. The second-order valence-electron chi connectivity index (χ2n) is 6.76. The second kappa shape index (κ2) is 6.20. The number of hydrogen-bond donors (Lipinski definition) is 1. The molecule has 2 rings (SSSR count). The zero-order valence-corrected chi connectivity index (χ0v) is 13.7. The third-order valence-corrected chi connectivity index (χ3v) is 5.31. The van der Waals surface area contributed by atoms with Gasteiger partial charge in [-0.2, -0.15) is 0 Å². The van der Waals surface area contributed by atoms with Crippen LogP contribution in [0.5, 0.6) is 0 Å². The third-order valence-electron chi connectivity index (χ3n) is 4.32. The number of carbonyl (C=O) groups is 1. The summed E-state index contributed by atoms with van der Waals surface area (Å²) in [7, 11) is 0. The molecule has 0 unspecified atom stereocenters. The number of aromatic nitrogens is 2. The molecule has 4 nitrogen and oxygen atoms in total. The third kappa shape index (κ3) is 3.78. The quantitative estimate of drug-likeness (QED) is 0.920. The SMILES string of the molecule is CCc1nnc(NC(=O)C2CCC(C(C)(C)C)CC2)s1. The highest BCUT2D eigenvalue weighted by molar-refractivity contribution is 7.15. The Morgan fingerprint density at radius 2 is 1.90 bits per heavy atom. The number of amides is 1. The number of aryl methyl sites for hydroxylation is 1. The maximum Gasteiger partial charge on any atom is 0.229 e. The van der Waals surface area contributed by atoms with Gasteiger partial charge in [0.15, 0.2) is 0 Å². The van der Waals surface area contributed by atoms with Crippen molar-refractivity contribution in [2.24, 2.45) is 17.3 Å². The smallest absolute Gasteiger partial charge is 0.229 e. The lowest BCUT2D eigenvalue weighted by Gasteiger charge is -2.36. The van der Waals surface area contributed by atoms with Crippen molar-refractivity contribution in [1.82, 2.24) is 10.2 Å². The van der Waals surface area contributed by atoms with Crippen LogP contribution in [0.4, 0.5) is 5.13 Å². The lowest BCUT2D eigenvalue weighted by molar-refractivity contribution is -0.121. The second-order valence-corrected chi connectivity index (χ2v) is 7.82. The Morgan fingerprint density at radius 3 is 2.40 bits per heavy atom. The highest BCUT2D eigenvalue weighted by Gasteiger charge is 2.32. The van der Waals surface area contributed by atoms with E-state index in [9.17, 15) is 4.79 Å². The molecule has 1 aromatic rings. The first-order chi connectivity index (χ1) is 9.40. The van der Waals surface area contributed by atoms with E-state index in [-0.39, 0.29) is 11.8 Å². The van der Waals surface area contributed by atoms with Gasteiger partial charge in [0.2, 0.25) is 11.0 Å². The average molecular weight is 295 g/mol. The maximum absolute atomic E-state index is 12.2. The van der Waals surface area contributed by atoms with E-state index >= 15 is 0 Å². The number of nitrogens with zero attached hydrogens (tertiary/aromatic N) is 2. The van der Waals surface area contributed by atoms with Gasteiger partial charge in [-0.25, -0.2) is 0 Å². The average Bonchev–Trinajstić information content (AvgIpc) is 2.85. The lowest BCUT2D eigenvalue weighted by Crippen LogP contribution is -2.31. The van der Waals surface area contributed by atoms with Gasteiger partial charge in [0.25, 0.3) is 0 Å². The number of rotatable bonds is 3. The summed E-state index contributed by atoms with van der Waals surface area (Å²) in [5.41, 5.74) is 0.358. The molecule has 1 saturated carbocycles. The van der Waals surface area contributed by atoms with Gasteiger partial charge in [-0.1, -0.05) is 39.0 Å². The van der Waals surface area contributed by atoms with Crippen molar-refractivity contribution >= 4 is 22.4 Å². The summed E-state index contributed by atoms with van der Waals surface area (Å²) >= 11 is 1.48. The van der Waals surface area contributed by atoms with E-state index in [0.717, 1.165) is 43.0 Å². The summed E-state index contributed by atoms with van der Waals surface area (Å²) in [5.74, 6) is 0.999. The van der Waals surface area contributed by atoms with E-state index in [1.807, 2.05) is 6.92 Å². The summed E-state index contributed by atoms with van der Waals surface area (Å²) in [6, 6.07) is 0. The van der Waals surface area contributed by atoms with Crippen molar-refractivity contribution in [1.29, 1.82) is 0 Å². The molecule has 112 valence electrons. The van der Waals surface area contributed by atoms with Crippen molar-refractivity contribution in [2.75, 3.05) is 5.32 Å². The minimum absolute atomic E-state index is 0.121. The molecule has 0 atom stereocenters. The summed E-state index contributed by atoms with van der Waals surface area (Å²) in [4.78, 5) is 12.2. The summed E-state index contributed by atoms with van der Waals surface area (Å²) in [5, 5.41) is 12.6. The van der Waals surface area contributed by atoms with E-state index < -0.39 is 0 Å². The number of nitrogens with one attached hydrogen (secondary N) is 1. The van der Waals surface area contributed by atoms with E-state index in [4.69, 9.17) is 0 Å². The van der Waals surface area contributed by atoms with Crippen molar-refractivity contribution in [3.63, 3.8) is 0 Å². The van der Waals surface area contributed by atoms with Crippen LogP contribution in [0, 0.1) is 17.3 Å². The molecule has 0 bridgehead atoms. The Balaban J connectivity index is 1.86. The highest BCUT2D eigenvalue weighted by Crippen LogP contribution is 2.40. The van der Waals surface area contributed by atoms with Crippen LogP contribution in [0.25, 0.3) is 0 Å². The molecule has 20 heavy (non-hydrogen) atoms. The summed E-state index contributed by atoms with van der Waals surface area (Å²) in [6.45, 7) is 8.93. The molecule has 1 amide bonds. The molecule has 0 saturated heterocycles. The van der Waals surface area contributed by atoms with Gasteiger partial charge in [-0.15, -0.1) is 10.2 Å². The van der Waals surface area contributed by atoms with E-state index in [2.05, 4.69) is 36.3 Å². The van der Waals surface area contributed by atoms with Crippen LogP contribution in [0.15, 0.2) is 0 Å². The lowest BCUT2D eigenvalue weighted by atomic mass is 9.70. The Labute approximate surface area is 125 Å². The minimum Gasteiger partial charge on any atom is -0.300 e. The maximum atomic E-state index is 12.2. The molecule has 0 aromatic carbocycles. The first-order valence-electron chi connectivity index (χ1n) is 7.53. The van der Waals surface area contributed by atoms with Gasteiger partial charge in [0.1, 0.15) is 5.01 Å². The van der Waals surface area contributed by atoms with Crippen LogP contribution in [-0.4, -0.2) is 16.1 Å². The zero-order chi connectivity index (χ0) is 14.8. The van der Waals surface area contributed by atoms with Gasteiger partial charge in [0, 0.05) is 5.92 Å². The Hall–Kier alpha value is -0.970. The molecule has 1 aliphatic carbocycles. The molecule has 5 heteroatoms. The predicted molar refractivity (Wildman–Crippen MR) is 82.8 cm³/mol. The first-order valence-corrected chi connectivity index (χ1v) is 8.35. The monoisotopic (exact) mass is 295 g/mol. The van der Waals surface area contributed by atoms with Crippen molar-refractivity contribution in [2.45, 2.75) is 59.8 Å². The van der Waals surface area contributed by atoms with Gasteiger partial charge < -0.3 is 5.32 Å². The van der Waals surface area contributed by atoms with E-state index in [1.165, 1.54) is 11.3 Å². The van der Waals surface area contributed by atoms with Crippen LogP contribution in [-0.2, 0) is 11.2 Å². The summed E-state index contributed by atoms with van der Waals surface area (Å²) in [6.07, 6.45) is 5.15. The van der Waals surface area contributed by atoms with E-state index in [0.29, 0.717) is 10.5 Å². The van der Waals surface area contributed by atoms with Gasteiger partial charge in [-0.3, -0.25) is 4.79 Å². The molecule has 1 aromatic heterocycles. The standard InChI is InChI=1S/C15H25N3OS/c1-5-12-17-18-14(20-12)16-13(19)10-6-8-11(9-7-10)15(2,3)4/h10-11H,5-9H2,1-4H3,(H,16,18,19). The fourth-order valence-electron chi connectivity index (χ4n) is 2.88. The van der Waals surface area contributed by atoms with Crippen molar-refractivity contribution in [3.05, 3.63) is 5.01 Å². The molecule has 1 aliphatic rings. The zero-order valence-electron chi connectivity index (χ0n) is 12.9. The molecule has 0 spiro atoms. The topological polar surface area (TPSA) is 54.9 Å². The Morgan fingerprint density at radius 1 is 1.25 bits per heavy atom. The molecular formula is C15H25N3OS. The fraction of sp³-hybridized carbons (Fsp3) is 0.800. The van der Waals surface area contributed by atoms with Gasteiger partial charge >= 0.3 is 0 Å². The van der Waals surface area contributed by atoms with Crippen molar-refractivity contribution in [3.8, 4) is 0 Å². The number of carbonyl (C=O) groups excluding carboxylic acids is 1.